The van der Waals surface area contributed by atoms with Crippen LogP contribution in [0.3, 0.4) is 0 Å². The Morgan fingerprint density at radius 3 is 2.87 bits per heavy atom. The SMILES string of the molecule is COCC(O)CN(C)Cc1ccoc1C. The van der Waals surface area contributed by atoms with E-state index in [0.29, 0.717) is 13.2 Å². The third kappa shape index (κ3) is 4.03. The first kappa shape index (κ1) is 12.2. The first-order valence-electron chi connectivity index (χ1n) is 5.02. The Labute approximate surface area is 90.4 Å². The monoisotopic (exact) mass is 213 g/mol. The second kappa shape index (κ2) is 5.90. The van der Waals surface area contributed by atoms with Crippen LogP contribution in [0, 0.1) is 6.92 Å². The number of nitrogens with zero attached hydrogens (tertiary/aromatic N) is 1. The molecule has 0 bridgehead atoms. The zero-order valence-corrected chi connectivity index (χ0v) is 9.56. The fourth-order valence-electron chi connectivity index (χ4n) is 1.54. The van der Waals surface area contributed by atoms with Gasteiger partial charge in [-0.05, 0) is 20.0 Å². The molecule has 1 heterocycles. The molecule has 1 unspecified atom stereocenters. The number of aryl methyl sites for hydroxylation is 1. The fraction of sp³-hybridized carbons (Fsp3) is 0.636. The molecule has 0 saturated heterocycles. The highest BCUT2D eigenvalue weighted by atomic mass is 16.5. The van der Waals surface area contributed by atoms with Crippen molar-refractivity contribution in [3.8, 4) is 0 Å². The van der Waals surface area contributed by atoms with Crippen LogP contribution in [-0.2, 0) is 11.3 Å². The average molecular weight is 213 g/mol. The van der Waals surface area contributed by atoms with Gasteiger partial charge in [0.1, 0.15) is 5.76 Å². The molecular formula is C11H19NO3. The summed E-state index contributed by atoms with van der Waals surface area (Å²) in [7, 11) is 3.55. The summed E-state index contributed by atoms with van der Waals surface area (Å²) in [5.41, 5.74) is 1.15. The van der Waals surface area contributed by atoms with Crippen molar-refractivity contribution in [2.24, 2.45) is 0 Å². The number of hydrogen-bond acceptors (Lipinski definition) is 4. The van der Waals surface area contributed by atoms with Crippen LogP contribution in [0.2, 0.25) is 0 Å². The molecule has 0 fully saturated rings. The zero-order valence-electron chi connectivity index (χ0n) is 9.56. The van der Waals surface area contributed by atoms with E-state index in [1.54, 1.807) is 13.4 Å². The van der Waals surface area contributed by atoms with E-state index < -0.39 is 6.10 Å². The van der Waals surface area contributed by atoms with Crippen LogP contribution in [-0.4, -0.2) is 43.4 Å². The predicted octanol–water partition coefficient (Wildman–Crippen LogP) is 1.03. The first-order valence-corrected chi connectivity index (χ1v) is 5.02. The van der Waals surface area contributed by atoms with Gasteiger partial charge in [0.2, 0.25) is 0 Å². The van der Waals surface area contributed by atoms with Gasteiger partial charge in [0, 0.05) is 25.8 Å². The summed E-state index contributed by atoms with van der Waals surface area (Å²) >= 11 is 0. The molecular weight excluding hydrogens is 194 g/mol. The van der Waals surface area contributed by atoms with Gasteiger partial charge in [0.15, 0.2) is 0 Å². The standard InChI is InChI=1S/C11H19NO3/c1-9-10(4-5-15-9)6-12(2)7-11(13)8-14-3/h4-5,11,13H,6-8H2,1-3H3. The molecule has 0 aromatic carbocycles. The smallest absolute Gasteiger partial charge is 0.105 e. The molecule has 4 heteroatoms. The molecule has 1 aromatic heterocycles. The van der Waals surface area contributed by atoms with Crippen molar-refractivity contribution >= 4 is 0 Å². The van der Waals surface area contributed by atoms with Gasteiger partial charge in [-0.2, -0.15) is 0 Å². The Kier molecular flexibility index (Phi) is 4.81. The van der Waals surface area contributed by atoms with Gasteiger partial charge >= 0.3 is 0 Å². The van der Waals surface area contributed by atoms with E-state index in [-0.39, 0.29) is 0 Å². The minimum atomic E-state index is -0.438. The second-order valence-electron chi connectivity index (χ2n) is 3.81. The molecule has 4 nitrogen and oxygen atoms in total. The van der Waals surface area contributed by atoms with Gasteiger partial charge in [-0.15, -0.1) is 0 Å². The summed E-state index contributed by atoms with van der Waals surface area (Å²) in [4.78, 5) is 2.04. The van der Waals surface area contributed by atoms with Gasteiger partial charge in [0.05, 0.1) is 19.0 Å². The van der Waals surface area contributed by atoms with Crippen LogP contribution in [0.4, 0.5) is 0 Å². The lowest BCUT2D eigenvalue weighted by atomic mass is 10.2. The maximum atomic E-state index is 9.53. The lowest BCUT2D eigenvalue weighted by molar-refractivity contribution is 0.0418. The van der Waals surface area contributed by atoms with Crippen LogP contribution in [0.25, 0.3) is 0 Å². The van der Waals surface area contributed by atoms with E-state index in [4.69, 9.17) is 9.15 Å². The molecule has 0 aliphatic heterocycles. The van der Waals surface area contributed by atoms with Gasteiger partial charge < -0.3 is 14.3 Å². The van der Waals surface area contributed by atoms with E-state index >= 15 is 0 Å². The Hall–Kier alpha value is -0.840. The summed E-state index contributed by atoms with van der Waals surface area (Å²) in [6, 6.07) is 1.95. The number of ether oxygens (including phenoxy) is 1. The van der Waals surface area contributed by atoms with E-state index in [2.05, 4.69) is 0 Å². The largest absolute Gasteiger partial charge is 0.469 e. The van der Waals surface area contributed by atoms with E-state index in [1.807, 2.05) is 24.9 Å². The number of aliphatic hydroxyl groups excluding tert-OH is 1. The average Bonchev–Trinajstić information content (AvgIpc) is 2.52. The molecule has 0 spiro atoms. The minimum Gasteiger partial charge on any atom is -0.469 e. The van der Waals surface area contributed by atoms with Crippen molar-refractivity contribution in [3.63, 3.8) is 0 Å². The Balaban J connectivity index is 2.36. The van der Waals surface area contributed by atoms with Gasteiger partial charge in [0.25, 0.3) is 0 Å². The number of hydrogen-bond donors (Lipinski definition) is 1. The number of likely N-dealkylation sites (N-methyl/N-ethyl adjacent to an activating group) is 1. The number of rotatable bonds is 6. The number of furan rings is 1. The van der Waals surface area contributed by atoms with Crippen LogP contribution >= 0.6 is 0 Å². The Morgan fingerprint density at radius 2 is 2.33 bits per heavy atom. The molecule has 1 rings (SSSR count). The molecule has 15 heavy (non-hydrogen) atoms. The van der Waals surface area contributed by atoms with Crippen molar-refractivity contribution in [3.05, 3.63) is 23.7 Å². The molecule has 0 aliphatic rings. The third-order valence-corrected chi connectivity index (χ3v) is 2.29. The summed E-state index contributed by atoms with van der Waals surface area (Å²) in [5, 5.41) is 9.53. The van der Waals surface area contributed by atoms with Gasteiger partial charge in [-0.1, -0.05) is 0 Å². The third-order valence-electron chi connectivity index (χ3n) is 2.29. The molecule has 0 amide bonds. The maximum absolute atomic E-state index is 9.53. The lowest BCUT2D eigenvalue weighted by Gasteiger charge is -2.19. The van der Waals surface area contributed by atoms with Crippen molar-refractivity contribution in [2.75, 3.05) is 27.3 Å². The quantitative estimate of drug-likeness (QED) is 0.766. The second-order valence-corrected chi connectivity index (χ2v) is 3.81. The molecule has 1 aromatic rings. The first-order chi connectivity index (χ1) is 7.13. The highest BCUT2D eigenvalue weighted by molar-refractivity contribution is 5.14. The van der Waals surface area contributed by atoms with Crippen LogP contribution in [0.5, 0.6) is 0 Å². The number of methoxy groups -OCH3 is 1. The summed E-state index contributed by atoms with van der Waals surface area (Å²) < 4.78 is 10.1. The lowest BCUT2D eigenvalue weighted by Crippen LogP contribution is -2.31. The highest BCUT2D eigenvalue weighted by Crippen LogP contribution is 2.10. The maximum Gasteiger partial charge on any atom is 0.105 e. The normalized spacial score (nSPS) is 13.4. The molecule has 86 valence electrons. The van der Waals surface area contributed by atoms with Crippen molar-refractivity contribution in [1.29, 1.82) is 0 Å². The summed E-state index contributed by atoms with van der Waals surface area (Å²) in [6.07, 6.45) is 1.25. The number of aliphatic hydroxyl groups is 1. The predicted molar refractivity (Wildman–Crippen MR) is 57.7 cm³/mol. The summed E-state index contributed by atoms with van der Waals surface area (Å²) in [6.45, 7) is 3.69. The minimum absolute atomic E-state index is 0.370. The molecule has 1 N–H and O–H groups in total. The van der Waals surface area contributed by atoms with Crippen molar-refractivity contribution in [1.82, 2.24) is 4.90 Å². The van der Waals surface area contributed by atoms with Crippen LogP contribution in [0.15, 0.2) is 16.7 Å². The van der Waals surface area contributed by atoms with E-state index in [1.165, 1.54) is 0 Å². The van der Waals surface area contributed by atoms with Crippen LogP contribution in [0.1, 0.15) is 11.3 Å². The van der Waals surface area contributed by atoms with E-state index in [0.717, 1.165) is 17.9 Å². The molecule has 0 aliphatic carbocycles. The Bertz CT molecular complexity index is 285. The Morgan fingerprint density at radius 1 is 1.60 bits per heavy atom. The molecule has 0 radical (unpaired) electrons. The van der Waals surface area contributed by atoms with Gasteiger partial charge in [-0.25, -0.2) is 0 Å². The topological polar surface area (TPSA) is 45.8 Å². The highest BCUT2D eigenvalue weighted by Gasteiger charge is 2.10. The van der Waals surface area contributed by atoms with Crippen LogP contribution < -0.4 is 0 Å². The molecule has 0 saturated carbocycles. The van der Waals surface area contributed by atoms with Crippen molar-refractivity contribution < 1.29 is 14.3 Å². The van der Waals surface area contributed by atoms with Crippen molar-refractivity contribution in [2.45, 2.75) is 19.6 Å². The zero-order chi connectivity index (χ0) is 11.3. The van der Waals surface area contributed by atoms with E-state index in [9.17, 15) is 5.11 Å². The van der Waals surface area contributed by atoms with Gasteiger partial charge in [-0.3, -0.25) is 4.90 Å². The fourth-order valence-corrected chi connectivity index (χ4v) is 1.54. The summed E-state index contributed by atoms with van der Waals surface area (Å²) in [5.74, 6) is 0.933. The molecule has 1 atom stereocenters.